The molecule has 0 aliphatic carbocycles. The van der Waals surface area contributed by atoms with Crippen LogP contribution in [0.5, 0.6) is 0 Å². The second kappa shape index (κ2) is 8.71. The van der Waals surface area contributed by atoms with Gasteiger partial charge < -0.3 is 19.4 Å². The van der Waals surface area contributed by atoms with E-state index in [0.29, 0.717) is 5.41 Å². The highest BCUT2D eigenvalue weighted by molar-refractivity contribution is 14.0. The molecule has 0 radical (unpaired) electrons. The van der Waals surface area contributed by atoms with Crippen LogP contribution in [0.2, 0.25) is 0 Å². The maximum absolute atomic E-state index is 5.61. The summed E-state index contributed by atoms with van der Waals surface area (Å²) in [7, 11) is 0. The van der Waals surface area contributed by atoms with Crippen molar-refractivity contribution in [1.82, 2.24) is 10.2 Å². The Kier molecular flexibility index (Phi) is 7.21. The number of hydrogen-bond acceptors (Lipinski definition) is 3. The molecular formula is C16H25BrIN3O2. The van der Waals surface area contributed by atoms with E-state index in [1.54, 1.807) is 0 Å². The lowest BCUT2D eigenvalue weighted by Gasteiger charge is -2.24. The van der Waals surface area contributed by atoms with E-state index in [0.717, 1.165) is 62.2 Å². The van der Waals surface area contributed by atoms with E-state index in [-0.39, 0.29) is 24.0 Å². The van der Waals surface area contributed by atoms with Gasteiger partial charge in [0, 0.05) is 44.6 Å². The van der Waals surface area contributed by atoms with Crippen molar-refractivity contribution >= 4 is 45.9 Å². The van der Waals surface area contributed by atoms with Gasteiger partial charge in [0.15, 0.2) is 10.6 Å². The predicted octanol–water partition coefficient (Wildman–Crippen LogP) is 3.28. The molecule has 3 heterocycles. The Bertz CT molecular complexity index is 529. The summed E-state index contributed by atoms with van der Waals surface area (Å²) in [6.07, 6.45) is 3.22. The van der Waals surface area contributed by atoms with Crippen LogP contribution in [-0.2, 0) is 11.2 Å². The first kappa shape index (κ1) is 19.1. The van der Waals surface area contributed by atoms with Crippen LogP contribution in [0.1, 0.15) is 25.5 Å². The minimum absolute atomic E-state index is 0. The van der Waals surface area contributed by atoms with Gasteiger partial charge in [-0.3, -0.25) is 4.99 Å². The van der Waals surface area contributed by atoms with Gasteiger partial charge in [-0.05, 0) is 47.8 Å². The molecule has 5 nitrogen and oxygen atoms in total. The first-order valence-corrected chi connectivity index (χ1v) is 8.85. The van der Waals surface area contributed by atoms with Crippen molar-refractivity contribution in [2.75, 3.05) is 39.4 Å². The third kappa shape index (κ3) is 4.85. The number of nitrogens with one attached hydrogen (secondary N) is 1. The Morgan fingerprint density at radius 1 is 1.43 bits per heavy atom. The van der Waals surface area contributed by atoms with Gasteiger partial charge in [0.2, 0.25) is 0 Å². The summed E-state index contributed by atoms with van der Waals surface area (Å²) < 4.78 is 11.9. The normalized spacial score (nSPS) is 24.3. The van der Waals surface area contributed by atoms with Crippen molar-refractivity contribution in [3.05, 3.63) is 22.6 Å². The molecule has 1 atom stereocenters. The van der Waals surface area contributed by atoms with E-state index in [1.165, 1.54) is 12.8 Å². The summed E-state index contributed by atoms with van der Waals surface area (Å²) in [6.45, 7) is 7.70. The summed E-state index contributed by atoms with van der Waals surface area (Å²) in [5.41, 5.74) is 0.363. The maximum atomic E-state index is 5.61. The van der Waals surface area contributed by atoms with Gasteiger partial charge in [-0.2, -0.15) is 0 Å². The molecule has 23 heavy (non-hydrogen) atoms. The van der Waals surface area contributed by atoms with Crippen LogP contribution < -0.4 is 5.32 Å². The number of furan rings is 1. The molecular weight excluding hydrogens is 473 g/mol. The Balaban J connectivity index is 0.00000192. The monoisotopic (exact) mass is 497 g/mol. The van der Waals surface area contributed by atoms with Gasteiger partial charge in [-0.25, -0.2) is 0 Å². The Morgan fingerprint density at radius 2 is 2.30 bits per heavy atom. The topological polar surface area (TPSA) is 50.0 Å². The number of rotatable bonds is 4. The smallest absolute Gasteiger partial charge is 0.193 e. The van der Waals surface area contributed by atoms with Crippen LogP contribution in [0.25, 0.3) is 0 Å². The van der Waals surface area contributed by atoms with Gasteiger partial charge in [0.25, 0.3) is 0 Å². The summed E-state index contributed by atoms with van der Waals surface area (Å²) in [4.78, 5) is 7.16. The zero-order valence-electron chi connectivity index (χ0n) is 13.5. The average Bonchev–Trinajstić information content (AvgIpc) is 3.22. The number of guanidine groups is 1. The third-order valence-electron chi connectivity index (χ3n) is 4.51. The van der Waals surface area contributed by atoms with Crippen LogP contribution in [0.15, 0.2) is 26.2 Å². The second-order valence-corrected chi connectivity index (χ2v) is 6.95. The largest absolute Gasteiger partial charge is 0.454 e. The molecule has 0 saturated carbocycles. The third-order valence-corrected chi connectivity index (χ3v) is 4.93. The highest BCUT2D eigenvalue weighted by atomic mass is 127. The van der Waals surface area contributed by atoms with E-state index >= 15 is 0 Å². The maximum Gasteiger partial charge on any atom is 0.193 e. The lowest BCUT2D eigenvalue weighted by molar-refractivity contribution is 0.156. The summed E-state index contributed by atoms with van der Waals surface area (Å²) in [5, 5.41) is 3.42. The first-order chi connectivity index (χ1) is 10.7. The molecule has 7 heteroatoms. The first-order valence-electron chi connectivity index (χ1n) is 8.06. The van der Waals surface area contributed by atoms with Crippen LogP contribution in [0, 0.1) is 5.41 Å². The number of nitrogens with zero attached hydrogens (tertiary/aromatic N) is 2. The van der Waals surface area contributed by atoms with E-state index in [1.807, 2.05) is 12.1 Å². The zero-order valence-corrected chi connectivity index (χ0v) is 17.4. The molecule has 0 aromatic carbocycles. The molecule has 0 bridgehead atoms. The Hall–Kier alpha value is -0.280. The molecule has 1 spiro atoms. The van der Waals surface area contributed by atoms with E-state index in [9.17, 15) is 0 Å². The number of ether oxygens (including phenoxy) is 1. The van der Waals surface area contributed by atoms with E-state index < -0.39 is 0 Å². The number of likely N-dealkylation sites (tertiary alicyclic amines) is 1. The van der Waals surface area contributed by atoms with Crippen molar-refractivity contribution in [2.24, 2.45) is 10.4 Å². The predicted molar refractivity (Wildman–Crippen MR) is 106 cm³/mol. The van der Waals surface area contributed by atoms with Crippen LogP contribution >= 0.6 is 39.9 Å². The zero-order chi connectivity index (χ0) is 15.4. The lowest BCUT2D eigenvalue weighted by Crippen LogP contribution is -2.41. The highest BCUT2D eigenvalue weighted by Crippen LogP contribution is 2.38. The summed E-state index contributed by atoms with van der Waals surface area (Å²) in [5.74, 6) is 1.99. The van der Waals surface area contributed by atoms with Crippen molar-refractivity contribution in [1.29, 1.82) is 0 Å². The molecule has 1 unspecified atom stereocenters. The second-order valence-electron chi connectivity index (χ2n) is 6.17. The molecule has 2 fully saturated rings. The van der Waals surface area contributed by atoms with Gasteiger partial charge in [-0.15, -0.1) is 24.0 Å². The minimum Gasteiger partial charge on any atom is -0.454 e. The molecule has 1 aromatic rings. The minimum atomic E-state index is 0. The molecule has 1 aromatic heterocycles. The summed E-state index contributed by atoms with van der Waals surface area (Å²) >= 11 is 3.33. The fourth-order valence-electron chi connectivity index (χ4n) is 3.27. The Labute approximate surface area is 163 Å². The SMILES string of the molecule is CCNC(=NCCc1ccc(Br)o1)N1CCC2(CCOC2)C1.I. The molecule has 1 N–H and O–H groups in total. The molecule has 130 valence electrons. The van der Waals surface area contributed by atoms with Gasteiger partial charge in [-0.1, -0.05) is 0 Å². The number of halogens is 2. The van der Waals surface area contributed by atoms with Crippen LogP contribution in [0.3, 0.4) is 0 Å². The lowest BCUT2D eigenvalue weighted by atomic mass is 9.87. The van der Waals surface area contributed by atoms with Crippen molar-refractivity contribution in [2.45, 2.75) is 26.2 Å². The van der Waals surface area contributed by atoms with Gasteiger partial charge >= 0.3 is 0 Å². The molecule has 0 amide bonds. The van der Waals surface area contributed by atoms with Crippen molar-refractivity contribution in [3.8, 4) is 0 Å². The van der Waals surface area contributed by atoms with Gasteiger partial charge in [0.05, 0.1) is 6.61 Å². The van der Waals surface area contributed by atoms with Crippen molar-refractivity contribution < 1.29 is 9.15 Å². The number of aliphatic imine (C=N–C) groups is 1. The van der Waals surface area contributed by atoms with Crippen LogP contribution in [-0.4, -0.2) is 50.3 Å². The number of hydrogen-bond donors (Lipinski definition) is 1. The summed E-state index contributed by atoms with van der Waals surface area (Å²) in [6, 6.07) is 3.92. The molecule has 2 saturated heterocycles. The quantitative estimate of drug-likeness (QED) is 0.394. The molecule has 3 rings (SSSR count). The van der Waals surface area contributed by atoms with Gasteiger partial charge in [0.1, 0.15) is 5.76 Å². The Morgan fingerprint density at radius 3 is 2.96 bits per heavy atom. The fraction of sp³-hybridized carbons (Fsp3) is 0.688. The molecule has 2 aliphatic rings. The standard InChI is InChI=1S/C16H24BrN3O2.HI/c1-2-18-15(19-8-5-13-3-4-14(17)22-13)20-9-6-16(11-20)7-10-21-12-16;/h3-4H,2,5-12H2,1H3,(H,18,19);1H. The van der Waals surface area contributed by atoms with Crippen molar-refractivity contribution in [3.63, 3.8) is 0 Å². The van der Waals surface area contributed by atoms with E-state index in [4.69, 9.17) is 14.1 Å². The van der Waals surface area contributed by atoms with E-state index in [2.05, 4.69) is 33.1 Å². The molecule has 2 aliphatic heterocycles. The average molecular weight is 498 g/mol. The van der Waals surface area contributed by atoms with Crippen LogP contribution in [0.4, 0.5) is 0 Å². The highest BCUT2D eigenvalue weighted by Gasteiger charge is 2.42. The fourth-order valence-corrected chi connectivity index (χ4v) is 3.61.